The minimum absolute atomic E-state index is 0.0756. The van der Waals surface area contributed by atoms with Crippen LogP contribution in [0.4, 0.5) is 5.69 Å². The van der Waals surface area contributed by atoms with E-state index in [1.807, 2.05) is 66.1 Å². The van der Waals surface area contributed by atoms with Gasteiger partial charge in [-0.05, 0) is 30.5 Å². The third-order valence-electron chi connectivity index (χ3n) is 6.05. The van der Waals surface area contributed by atoms with Crippen LogP contribution in [-0.2, 0) is 17.9 Å². The van der Waals surface area contributed by atoms with Gasteiger partial charge in [0, 0.05) is 24.5 Å². The molecule has 1 unspecified atom stereocenters. The normalized spacial score (nSPS) is 16.8. The first-order chi connectivity index (χ1) is 16.2. The molecule has 170 valence electrons. The molecule has 0 spiro atoms. The van der Waals surface area contributed by atoms with Crippen molar-refractivity contribution in [1.29, 1.82) is 0 Å². The first kappa shape index (κ1) is 21.5. The molecule has 1 fully saturated rings. The van der Waals surface area contributed by atoms with Crippen molar-refractivity contribution in [1.82, 2.24) is 19.8 Å². The van der Waals surface area contributed by atoms with Crippen LogP contribution in [0.2, 0.25) is 5.02 Å². The number of nitrogens with one attached hydrogen (secondary N) is 1. The molecule has 8 heteroatoms. The Morgan fingerprint density at radius 3 is 2.76 bits per heavy atom. The Labute approximate surface area is 198 Å². The Bertz CT molecular complexity index is 1150. The summed E-state index contributed by atoms with van der Waals surface area (Å²) in [6, 6.07) is 13.1. The van der Waals surface area contributed by atoms with E-state index in [2.05, 4.69) is 19.9 Å². The maximum Gasteiger partial charge on any atom is 0.254 e. The average Bonchev–Trinajstić information content (AvgIpc) is 3.46. The zero-order valence-corrected chi connectivity index (χ0v) is 19.0. The second-order valence-electron chi connectivity index (χ2n) is 8.30. The van der Waals surface area contributed by atoms with Crippen LogP contribution in [0.15, 0.2) is 66.2 Å². The zero-order valence-electron chi connectivity index (χ0n) is 18.3. The van der Waals surface area contributed by atoms with E-state index < -0.39 is 6.04 Å². The predicted molar refractivity (Wildman–Crippen MR) is 128 cm³/mol. The van der Waals surface area contributed by atoms with E-state index in [9.17, 15) is 4.79 Å². The summed E-state index contributed by atoms with van der Waals surface area (Å²) in [5.74, 6) is 1.16. The molecule has 2 aliphatic rings. The second kappa shape index (κ2) is 9.67. The number of carbonyl (C=O) groups is 1. The van der Waals surface area contributed by atoms with E-state index in [1.165, 1.54) is 0 Å². The Morgan fingerprint density at radius 1 is 1.09 bits per heavy atom. The van der Waals surface area contributed by atoms with Crippen molar-refractivity contribution < 1.29 is 9.53 Å². The van der Waals surface area contributed by atoms with E-state index in [1.54, 1.807) is 0 Å². The number of guanidine groups is 1. The highest BCUT2D eigenvalue weighted by Crippen LogP contribution is 2.41. The van der Waals surface area contributed by atoms with Crippen molar-refractivity contribution in [3.8, 4) is 5.75 Å². The standard InChI is InChI=1S/C25H26ClN5O2/c26-22-19-16-31-23(18-8-4-3-5-9-18)24(32)29-25(31)28-20(19)10-11-21(22)33-15-7-2-1-6-13-30-14-12-27-17-30/h3-5,8-12,14,17,23H,1-2,6-7,13,15-16H2,(H,28,29,32). The van der Waals surface area contributed by atoms with Crippen LogP contribution in [0.3, 0.4) is 0 Å². The molecule has 3 aromatic rings. The van der Waals surface area contributed by atoms with Crippen LogP contribution in [0.5, 0.6) is 5.75 Å². The summed E-state index contributed by atoms with van der Waals surface area (Å²) in [5.41, 5.74) is 2.59. The molecule has 0 bridgehead atoms. The summed E-state index contributed by atoms with van der Waals surface area (Å²) < 4.78 is 8.10. The number of aliphatic imine (C=N–C) groups is 1. The summed E-state index contributed by atoms with van der Waals surface area (Å²) >= 11 is 6.73. The van der Waals surface area contributed by atoms with E-state index in [0.29, 0.717) is 29.9 Å². The van der Waals surface area contributed by atoms with Gasteiger partial charge in [-0.25, -0.2) is 9.98 Å². The third kappa shape index (κ3) is 4.59. The molecule has 3 heterocycles. The first-order valence-electron chi connectivity index (χ1n) is 11.3. The molecule has 0 saturated carbocycles. The van der Waals surface area contributed by atoms with Gasteiger partial charge in [0.15, 0.2) is 0 Å². The lowest BCUT2D eigenvalue weighted by Gasteiger charge is -2.29. The largest absolute Gasteiger partial charge is 0.492 e. The van der Waals surface area contributed by atoms with E-state index >= 15 is 0 Å². The van der Waals surface area contributed by atoms with Gasteiger partial charge in [0.05, 0.1) is 30.2 Å². The van der Waals surface area contributed by atoms with Crippen molar-refractivity contribution >= 4 is 29.2 Å². The van der Waals surface area contributed by atoms with Gasteiger partial charge in [0.1, 0.15) is 11.8 Å². The average molecular weight is 464 g/mol. The topological polar surface area (TPSA) is 71.7 Å². The van der Waals surface area contributed by atoms with Gasteiger partial charge in [-0.1, -0.05) is 54.8 Å². The number of nitrogens with zero attached hydrogens (tertiary/aromatic N) is 4. The summed E-state index contributed by atoms with van der Waals surface area (Å²) in [5, 5.41) is 3.48. The molecule has 0 aliphatic carbocycles. The highest BCUT2D eigenvalue weighted by molar-refractivity contribution is 6.33. The fourth-order valence-electron chi connectivity index (χ4n) is 4.33. The Hall–Kier alpha value is -3.32. The van der Waals surface area contributed by atoms with Crippen LogP contribution >= 0.6 is 11.6 Å². The van der Waals surface area contributed by atoms with Gasteiger partial charge in [0.2, 0.25) is 5.96 Å². The number of rotatable bonds is 9. The van der Waals surface area contributed by atoms with Crippen molar-refractivity contribution in [3.63, 3.8) is 0 Å². The molecule has 1 saturated heterocycles. The number of hydrogen-bond donors (Lipinski definition) is 1. The highest BCUT2D eigenvalue weighted by Gasteiger charge is 2.40. The summed E-state index contributed by atoms with van der Waals surface area (Å²) in [7, 11) is 0. The number of carbonyl (C=O) groups excluding carboxylic acids is 1. The minimum Gasteiger partial charge on any atom is -0.492 e. The molecule has 33 heavy (non-hydrogen) atoms. The van der Waals surface area contributed by atoms with Crippen molar-refractivity contribution in [2.75, 3.05) is 6.61 Å². The molecule has 1 atom stereocenters. The van der Waals surface area contributed by atoms with Crippen LogP contribution < -0.4 is 10.1 Å². The molecule has 2 aromatic carbocycles. The van der Waals surface area contributed by atoms with Gasteiger partial charge in [-0.3, -0.25) is 10.1 Å². The monoisotopic (exact) mass is 463 g/mol. The predicted octanol–water partition coefficient (Wildman–Crippen LogP) is 4.85. The van der Waals surface area contributed by atoms with E-state index in [0.717, 1.165) is 49.0 Å². The minimum atomic E-state index is -0.416. The Balaban J connectivity index is 1.19. The van der Waals surface area contributed by atoms with Gasteiger partial charge < -0.3 is 14.2 Å². The summed E-state index contributed by atoms with van der Waals surface area (Å²) in [6.45, 7) is 2.11. The summed E-state index contributed by atoms with van der Waals surface area (Å²) in [4.78, 5) is 23.3. The summed E-state index contributed by atoms with van der Waals surface area (Å²) in [6.07, 6.45) is 10.00. The second-order valence-corrected chi connectivity index (χ2v) is 8.68. The fraction of sp³-hybridized carbons (Fsp3) is 0.320. The SMILES string of the molecule is O=C1NC2=Nc3ccc(OCCCCCCn4ccnc4)c(Cl)c3CN2C1c1ccccc1. The van der Waals surface area contributed by atoms with Gasteiger partial charge in [-0.15, -0.1) is 0 Å². The van der Waals surface area contributed by atoms with Crippen LogP contribution in [0.1, 0.15) is 42.9 Å². The number of aryl methyl sites for hydroxylation is 1. The third-order valence-corrected chi connectivity index (χ3v) is 6.46. The van der Waals surface area contributed by atoms with Crippen molar-refractivity contribution in [2.45, 2.75) is 44.8 Å². The lowest BCUT2D eigenvalue weighted by molar-refractivity contribution is -0.121. The van der Waals surface area contributed by atoms with E-state index in [4.69, 9.17) is 16.3 Å². The number of ether oxygens (including phenoxy) is 1. The molecular weight excluding hydrogens is 438 g/mol. The number of fused-ring (bicyclic) bond motifs is 2. The molecular formula is C25H26ClN5O2. The molecule has 1 N–H and O–H groups in total. The van der Waals surface area contributed by atoms with Crippen LogP contribution in [-0.4, -0.2) is 32.9 Å². The number of benzene rings is 2. The lowest BCUT2D eigenvalue weighted by atomic mass is 10.0. The number of imidazole rings is 1. The number of amides is 1. The van der Waals surface area contributed by atoms with Crippen molar-refractivity contribution in [2.24, 2.45) is 4.99 Å². The fourth-order valence-corrected chi connectivity index (χ4v) is 4.61. The first-order valence-corrected chi connectivity index (χ1v) is 11.7. The van der Waals surface area contributed by atoms with Crippen LogP contribution in [0.25, 0.3) is 0 Å². The number of hydrogen-bond acceptors (Lipinski definition) is 5. The Kier molecular flexibility index (Phi) is 6.30. The molecule has 1 aromatic heterocycles. The number of halogens is 1. The van der Waals surface area contributed by atoms with Gasteiger partial charge in [0.25, 0.3) is 5.91 Å². The van der Waals surface area contributed by atoms with E-state index in [-0.39, 0.29) is 5.91 Å². The molecule has 2 aliphatic heterocycles. The van der Waals surface area contributed by atoms with Crippen LogP contribution in [0, 0.1) is 0 Å². The highest BCUT2D eigenvalue weighted by atomic mass is 35.5. The van der Waals surface area contributed by atoms with Gasteiger partial charge >= 0.3 is 0 Å². The van der Waals surface area contributed by atoms with Crippen molar-refractivity contribution in [3.05, 3.63) is 77.3 Å². The maximum atomic E-state index is 12.7. The Morgan fingerprint density at radius 2 is 1.94 bits per heavy atom. The maximum absolute atomic E-state index is 12.7. The number of aromatic nitrogens is 2. The smallest absolute Gasteiger partial charge is 0.254 e. The quantitative estimate of drug-likeness (QED) is 0.460. The molecule has 5 rings (SSSR count). The molecule has 7 nitrogen and oxygen atoms in total. The molecule has 0 radical (unpaired) electrons. The van der Waals surface area contributed by atoms with Gasteiger partial charge in [-0.2, -0.15) is 0 Å². The number of unbranched alkanes of at least 4 members (excludes halogenated alkanes) is 3. The zero-order chi connectivity index (χ0) is 22.6. The molecule has 1 amide bonds. The lowest BCUT2D eigenvalue weighted by Crippen LogP contribution is -2.33.